The van der Waals surface area contributed by atoms with E-state index in [2.05, 4.69) is 20.3 Å². The Balaban J connectivity index is 1.80. The van der Waals surface area contributed by atoms with Gasteiger partial charge in [-0.2, -0.15) is 5.11 Å². The largest absolute Gasteiger partial charge is 0.478 e. The molecule has 0 saturated heterocycles. The number of aromatic nitrogens is 3. The van der Waals surface area contributed by atoms with Gasteiger partial charge in [0.25, 0.3) is 5.56 Å². The molecule has 0 unspecified atom stereocenters. The second-order valence-electron chi connectivity index (χ2n) is 5.93. The van der Waals surface area contributed by atoms with Crippen LogP contribution in [0, 0.1) is 0 Å². The van der Waals surface area contributed by atoms with Crippen molar-refractivity contribution in [1.29, 1.82) is 0 Å². The summed E-state index contributed by atoms with van der Waals surface area (Å²) in [4.78, 5) is 25.7. The second kappa shape index (κ2) is 6.80. The molecule has 0 spiro atoms. The van der Waals surface area contributed by atoms with Gasteiger partial charge < -0.3 is 15.8 Å². The number of aromatic amines is 1. The highest BCUT2D eigenvalue weighted by Crippen LogP contribution is 2.30. The molecule has 0 atom stereocenters. The first-order chi connectivity index (χ1) is 13.5. The van der Waals surface area contributed by atoms with Gasteiger partial charge >= 0.3 is 5.97 Å². The van der Waals surface area contributed by atoms with Crippen LogP contribution >= 0.6 is 0 Å². The first-order valence-corrected chi connectivity index (χ1v) is 8.25. The minimum absolute atomic E-state index is 0.102. The van der Waals surface area contributed by atoms with Gasteiger partial charge in [0.05, 0.1) is 16.9 Å². The number of carboxylic acids is 1. The van der Waals surface area contributed by atoms with Crippen LogP contribution in [0.25, 0.3) is 16.9 Å². The molecule has 0 saturated carbocycles. The lowest BCUT2D eigenvalue weighted by atomic mass is 10.1. The molecular formula is C19H14N6O3. The fourth-order valence-corrected chi connectivity index (χ4v) is 2.74. The third-order valence-electron chi connectivity index (χ3n) is 4.07. The molecule has 0 radical (unpaired) electrons. The molecule has 0 aliphatic heterocycles. The van der Waals surface area contributed by atoms with Crippen molar-refractivity contribution in [2.24, 2.45) is 10.2 Å². The van der Waals surface area contributed by atoms with E-state index in [1.54, 1.807) is 0 Å². The highest BCUT2D eigenvalue weighted by Gasteiger charge is 2.15. The lowest BCUT2D eigenvalue weighted by Crippen LogP contribution is -2.09. The normalized spacial score (nSPS) is 11.3. The minimum Gasteiger partial charge on any atom is -0.478 e. The van der Waals surface area contributed by atoms with Crippen LogP contribution in [-0.2, 0) is 0 Å². The molecule has 138 valence electrons. The Kier molecular flexibility index (Phi) is 4.17. The summed E-state index contributed by atoms with van der Waals surface area (Å²) in [5, 5.41) is 21.4. The van der Waals surface area contributed by atoms with E-state index in [0.29, 0.717) is 17.0 Å². The fourth-order valence-electron chi connectivity index (χ4n) is 2.74. The number of benzene rings is 2. The third-order valence-corrected chi connectivity index (χ3v) is 4.07. The topological polar surface area (TPSA) is 138 Å². The van der Waals surface area contributed by atoms with Crippen molar-refractivity contribution in [3.63, 3.8) is 0 Å². The molecule has 4 rings (SSSR count). The predicted octanol–water partition coefficient (Wildman–Crippen LogP) is 3.39. The lowest BCUT2D eigenvalue weighted by molar-refractivity contribution is 0.0697. The van der Waals surface area contributed by atoms with Crippen LogP contribution in [0.3, 0.4) is 0 Å². The van der Waals surface area contributed by atoms with Gasteiger partial charge in [0, 0.05) is 11.6 Å². The maximum absolute atomic E-state index is 12.1. The number of nitrogens with zero attached hydrogens (tertiary/aromatic N) is 4. The van der Waals surface area contributed by atoms with Gasteiger partial charge in [-0.3, -0.25) is 4.79 Å². The third kappa shape index (κ3) is 3.12. The number of H-pyrrole nitrogens is 1. The summed E-state index contributed by atoms with van der Waals surface area (Å²) >= 11 is 0. The monoisotopic (exact) mass is 374 g/mol. The maximum atomic E-state index is 12.1. The van der Waals surface area contributed by atoms with Crippen LogP contribution in [0.4, 0.5) is 17.2 Å². The van der Waals surface area contributed by atoms with Gasteiger partial charge in [-0.15, -0.1) is 10.2 Å². The average molecular weight is 374 g/mol. The number of nitrogen functional groups attached to an aromatic ring is 1. The maximum Gasteiger partial charge on any atom is 0.335 e. The Morgan fingerprint density at radius 2 is 1.79 bits per heavy atom. The number of carbonyl (C=O) groups is 1. The number of hydrogen-bond donors (Lipinski definition) is 3. The van der Waals surface area contributed by atoms with E-state index in [0.717, 1.165) is 5.56 Å². The quantitative estimate of drug-likeness (QED) is 0.470. The number of anilines is 1. The standard InChI is InChI=1S/C19H14N6O3/c20-17-16(23-22-13-8-6-12(7-9-13)19(27)28)18-21-15(26)10-14(25(18)24-17)11-4-2-1-3-5-11/h1-10H,(H2,20,24)(H,21,26)(H,27,28). The number of azo groups is 1. The van der Waals surface area contributed by atoms with Gasteiger partial charge in [-0.05, 0) is 24.3 Å². The van der Waals surface area contributed by atoms with Gasteiger partial charge in [0.15, 0.2) is 17.2 Å². The molecule has 28 heavy (non-hydrogen) atoms. The van der Waals surface area contributed by atoms with Crippen LogP contribution in [0.15, 0.2) is 75.7 Å². The van der Waals surface area contributed by atoms with Gasteiger partial charge in [0.1, 0.15) is 0 Å². The Labute approximate surface area is 157 Å². The van der Waals surface area contributed by atoms with E-state index in [-0.39, 0.29) is 22.6 Å². The fraction of sp³-hybridized carbons (Fsp3) is 0. The molecule has 0 aliphatic carbocycles. The zero-order valence-corrected chi connectivity index (χ0v) is 14.4. The van der Waals surface area contributed by atoms with Crippen LogP contribution in [-0.4, -0.2) is 25.7 Å². The van der Waals surface area contributed by atoms with Crippen molar-refractivity contribution in [3.8, 4) is 11.3 Å². The van der Waals surface area contributed by atoms with E-state index < -0.39 is 5.97 Å². The van der Waals surface area contributed by atoms with Gasteiger partial charge in [0.2, 0.25) is 0 Å². The van der Waals surface area contributed by atoms with Gasteiger partial charge in [-0.1, -0.05) is 30.3 Å². The summed E-state index contributed by atoms with van der Waals surface area (Å²) in [6.07, 6.45) is 0. The number of carboxylic acid groups (broad SMARTS) is 1. The number of fused-ring (bicyclic) bond motifs is 1. The Morgan fingerprint density at radius 3 is 2.46 bits per heavy atom. The highest BCUT2D eigenvalue weighted by atomic mass is 16.4. The summed E-state index contributed by atoms with van der Waals surface area (Å²) < 4.78 is 1.51. The van der Waals surface area contributed by atoms with Crippen molar-refractivity contribution in [2.45, 2.75) is 0 Å². The van der Waals surface area contributed by atoms with Crippen molar-refractivity contribution in [3.05, 3.63) is 76.6 Å². The van der Waals surface area contributed by atoms with E-state index in [4.69, 9.17) is 10.8 Å². The van der Waals surface area contributed by atoms with Crippen molar-refractivity contribution >= 4 is 28.8 Å². The van der Waals surface area contributed by atoms with Crippen LogP contribution in [0.5, 0.6) is 0 Å². The molecule has 0 aliphatic rings. The average Bonchev–Trinajstić information content (AvgIpc) is 3.01. The van der Waals surface area contributed by atoms with E-state index >= 15 is 0 Å². The minimum atomic E-state index is -1.03. The molecule has 4 aromatic rings. The molecule has 0 bridgehead atoms. The highest BCUT2D eigenvalue weighted by molar-refractivity contribution is 5.87. The predicted molar refractivity (Wildman–Crippen MR) is 103 cm³/mol. The zero-order valence-electron chi connectivity index (χ0n) is 14.4. The van der Waals surface area contributed by atoms with E-state index in [9.17, 15) is 9.59 Å². The molecule has 9 nitrogen and oxygen atoms in total. The van der Waals surface area contributed by atoms with Crippen molar-refractivity contribution in [1.82, 2.24) is 14.6 Å². The van der Waals surface area contributed by atoms with Gasteiger partial charge in [-0.25, -0.2) is 9.31 Å². The van der Waals surface area contributed by atoms with E-state index in [1.165, 1.54) is 34.8 Å². The number of rotatable bonds is 4. The molecule has 9 heteroatoms. The SMILES string of the molecule is Nc1nn2c(-c3ccccc3)cc(=O)[nH]c2c1N=Nc1ccc(C(=O)O)cc1. The Bertz CT molecular complexity index is 1260. The smallest absolute Gasteiger partial charge is 0.335 e. The molecule has 2 aromatic carbocycles. The zero-order chi connectivity index (χ0) is 19.7. The Hall–Kier alpha value is -4.27. The van der Waals surface area contributed by atoms with Crippen molar-refractivity contribution in [2.75, 3.05) is 5.73 Å². The molecular weight excluding hydrogens is 360 g/mol. The first kappa shape index (κ1) is 17.2. The van der Waals surface area contributed by atoms with Crippen molar-refractivity contribution < 1.29 is 9.90 Å². The second-order valence-corrected chi connectivity index (χ2v) is 5.93. The summed E-state index contributed by atoms with van der Waals surface area (Å²) in [6, 6.07) is 16.6. The van der Waals surface area contributed by atoms with Crippen LogP contribution in [0.2, 0.25) is 0 Å². The van der Waals surface area contributed by atoms with Crippen LogP contribution < -0.4 is 11.3 Å². The molecule has 2 aromatic heterocycles. The summed E-state index contributed by atoms with van der Waals surface area (Å²) in [6.45, 7) is 0. The molecule has 0 amide bonds. The summed E-state index contributed by atoms with van der Waals surface area (Å²) in [5.74, 6) is -0.925. The van der Waals surface area contributed by atoms with Crippen LogP contribution in [0.1, 0.15) is 10.4 Å². The number of nitrogens with two attached hydrogens (primary N) is 1. The first-order valence-electron chi connectivity index (χ1n) is 8.25. The number of aromatic carboxylic acids is 1. The summed E-state index contributed by atoms with van der Waals surface area (Å²) in [7, 11) is 0. The number of hydrogen-bond acceptors (Lipinski definition) is 6. The summed E-state index contributed by atoms with van der Waals surface area (Å²) in [5.41, 5.74) is 8.15. The molecule has 4 N–H and O–H groups in total. The molecule has 2 heterocycles. The lowest BCUT2D eigenvalue weighted by Gasteiger charge is -2.03. The molecule has 0 fully saturated rings. The number of nitrogens with one attached hydrogen (secondary N) is 1. The Morgan fingerprint density at radius 1 is 1.07 bits per heavy atom. The van der Waals surface area contributed by atoms with E-state index in [1.807, 2.05) is 30.3 Å².